The van der Waals surface area contributed by atoms with Gasteiger partial charge in [0.1, 0.15) is 15.6 Å². The molecule has 0 aliphatic rings. The van der Waals surface area contributed by atoms with Crippen molar-refractivity contribution >= 4 is 21.4 Å². The number of anilines is 1. The third-order valence-electron chi connectivity index (χ3n) is 2.61. The molecule has 1 amide bonds. The monoisotopic (exact) mass is 300 g/mol. The highest BCUT2D eigenvalue weighted by molar-refractivity contribution is 7.90. The summed E-state index contributed by atoms with van der Waals surface area (Å²) >= 11 is 0. The zero-order valence-electron chi connectivity index (χ0n) is 11.9. The molecule has 7 heteroatoms. The summed E-state index contributed by atoms with van der Waals surface area (Å²) < 4.78 is 27.1. The molecule has 6 nitrogen and oxygen atoms in total. The molecule has 0 saturated heterocycles. The van der Waals surface area contributed by atoms with Crippen LogP contribution in [0.25, 0.3) is 0 Å². The largest absolute Gasteiger partial charge is 0.497 e. The van der Waals surface area contributed by atoms with Gasteiger partial charge in [-0.2, -0.15) is 0 Å². The molecule has 0 heterocycles. The third-order valence-corrected chi connectivity index (χ3v) is 3.53. The fourth-order valence-corrected chi connectivity index (χ4v) is 2.19. The Kier molecular flexibility index (Phi) is 5.97. The molecule has 0 saturated carbocycles. The Labute approximate surface area is 119 Å². The van der Waals surface area contributed by atoms with E-state index >= 15 is 0 Å². The van der Waals surface area contributed by atoms with Crippen molar-refractivity contribution < 1.29 is 17.9 Å². The Bertz CT molecular complexity index is 557. The van der Waals surface area contributed by atoms with Crippen LogP contribution < -0.4 is 10.1 Å². The van der Waals surface area contributed by atoms with E-state index in [0.717, 1.165) is 0 Å². The van der Waals surface area contributed by atoms with Gasteiger partial charge in [0.2, 0.25) is 5.91 Å². The molecule has 0 aliphatic heterocycles. The predicted octanol–water partition coefficient (Wildman–Crippen LogP) is 0.610. The van der Waals surface area contributed by atoms with E-state index in [0.29, 0.717) is 18.0 Å². The third kappa shape index (κ3) is 6.53. The lowest BCUT2D eigenvalue weighted by Crippen LogP contribution is -2.33. The highest BCUT2D eigenvalue weighted by Gasteiger charge is 2.10. The Morgan fingerprint density at radius 1 is 1.40 bits per heavy atom. The fraction of sp³-hybridized carbons (Fsp3) is 0.462. The fourth-order valence-electron chi connectivity index (χ4n) is 1.55. The van der Waals surface area contributed by atoms with Gasteiger partial charge in [-0.3, -0.25) is 9.69 Å². The van der Waals surface area contributed by atoms with Crippen molar-refractivity contribution in [1.82, 2.24) is 4.90 Å². The molecule has 0 spiro atoms. The smallest absolute Gasteiger partial charge is 0.238 e. The first-order valence-corrected chi connectivity index (χ1v) is 8.16. The topological polar surface area (TPSA) is 75.7 Å². The van der Waals surface area contributed by atoms with Crippen LogP contribution in [0.4, 0.5) is 5.69 Å². The maximum Gasteiger partial charge on any atom is 0.238 e. The molecule has 0 fully saturated rings. The molecule has 1 N–H and O–H groups in total. The van der Waals surface area contributed by atoms with Crippen LogP contribution in [-0.4, -0.2) is 58.5 Å². The van der Waals surface area contributed by atoms with Crippen molar-refractivity contribution in [2.24, 2.45) is 0 Å². The molecular weight excluding hydrogens is 280 g/mol. The maximum atomic E-state index is 11.8. The maximum absolute atomic E-state index is 11.8. The van der Waals surface area contributed by atoms with Crippen molar-refractivity contribution in [3.63, 3.8) is 0 Å². The molecule has 0 aromatic heterocycles. The van der Waals surface area contributed by atoms with Crippen LogP contribution in [0.15, 0.2) is 24.3 Å². The van der Waals surface area contributed by atoms with Crippen molar-refractivity contribution in [2.45, 2.75) is 0 Å². The summed E-state index contributed by atoms with van der Waals surface area (Å²) in [5.41, 5.74) is 0.644. The number of nitrogens with zero attached hydrogens (tertiary/aromatic N) is 1. The number of ether oxygens (including phenoxy) is 1. The van der Waals surface area contributed by atoms with Crippen molar-refractivity contribution in [3.8, 4) is 5.75 Å². The van der Waals surface area contributed by atoms with Gasteiger partial charge in [-0.05, 0) is 19.2 Å². The zero-order chi connectivity index (χ0) is 15.2. The van der Waals surface area contributed by atoms with Crippen molar-refractivity contribution in [2.75, 3.05) is 44.6 Å². The standard InChI is InChI=1S/C13H20N2O4S/c1-15(7-8-20(3,17)18)10-13(16)14-11-5-4-6-12(9-11)19-2/h4-6,9H,7-8,10H2,1-3H3,(H,14,16). The lowest BCUT2D eigenvalue weighted by Gasteiger charge is -2.15. The Hall–Kier alpha value is -1.60. The van der Waals surface area contributed by atoms with E-state index in [1.165, 1.54) is 6.26 Å². The summed E-state index contributed by atoms with van der Waals surface area (Å²) in [7, 11) is 0.247. The van der Waals surface area contributed by atoms with Gasteiger partial charge in [0.05, 0.1) is 19.4 Å². The number of hydrogen-bond acceptors (Lipinski definition) is 5. The summed E-state index contributed by atoms with van der Waals surface area (Å²) in [6.07, 6.45) is 1.18. The number of sulfone groups is 1. The number of carbonyl (C=O) groups excluding carboxylic acids is 1. The average molecular weight is 300 g/mol. The van der Waals surface area contributed by atoms with Gasteiger partial charge in [0.15, 0.2) is 0 Å². The lowest BCUT2D eigenvalue weighted by atomic mass is 10.3. The predicted molar refractivity (Wildman–Crippen MR) is 78.8 cm³/mol. The number of carbonyl (C=O) groups is 1. The molecule has 1 aromatic rings. The van der Waals surface area contributed by atoms with Crippen molar-refractivity contribution in [1.29, 1.82) is 0 Å². The van der Waals surface area contributed by atoms with Crippen LogP contribution in [0.2, 0.25) is 0 Å². The van der Waals surface area contributed by atoms with Gasteiger partial charge in [-0.15, -0.1) is 0 Å². The Morgan fingerprint density at radius 2 is 2.10 bits per heavy atom. The molecule has 0 atom stereocenters. The van der Waals surface area contributed by atoms with Crippen LogP contribution in [0.5, 0.6) is 5.75 Å². The molecule has 20 heavy (non-hydrogen) atoms. The SMILES string of the molecule is COc1cccc(NC(=O)CN(C)CCS(C)(=O)=O)c1. The zero-order valence-corrected chi connectivity index (χ0v) is 12.7. The van der Waals surface area contributed by atoms with Crippen LogP contribution in [0.1, 0.15) is 0 Å². The minimum atomic E-state index is -3.01. The molecule has 0 bridgehead atoms. The summed E-state index contributed by atoms with van der Waals surface area (Å²) in [4.78, 5) is 13.5. The molecular formula is C13H20N2O4S. The van der Waals surface area contributed by atoms with Gasteiger partial charge in [0, 0.05) is 24.6 Å². The van der Waals surface area contributed by atoms with Crippen LogP contribution in [0, 0.1) is 0 Å². The number of likely N-dealkylation sites (N-methyl/N-ethyl adjacent to an activating group) is 1. The second-order valence-corrected chi connectivity index (χ2v) is 6.91. The number of rotatable bonds is 7. The summed E-state index contributed by atoms with van der Waals surface area (Å²) in [5, 5.41) is 2.73. The summed E-state index contributed by atoms with van der Waals surface area (Å²) in [5.74, 6) is 0.498. The molecule has 112 valence electrons. The van der Waals surface area contributed by atoms with Crippen LogP contribution in [0.3, 0.4) is 0 Å². The Morgan fingerprint density at radius 3 is 2.70 bits per heavy atom. The van der Waals surface area contributed by atoms with Gasteiger partial charge in [0.25, 0.3) is 0 Å². The first-order valence-electron chi connectivity index (χ1n) is 6.10. The number of amides is 1. The summed E-state index contributed by atoms with van der Waals surface area (Å²) in [6, 6.07) is 7.04. The van der Waals surface area contributed by atoms with Gasteiger partial charge in [-0.25, -0.2) is 8.42 Å². The lowest BCUT2D eigenvalue weighted by molar-refractivity contribution is -0.117. The van der Waals surface area contributed by atoms with Gasteiger partial charge in [-0.1, -0.05) is 6.07 Å². The average Bonchev–Trinajstić information content (AvgIpc) is 2.35. The number of nitrogens with one attached hydrogen (secondary N) is 1. The van der Waals surface area contributed by atoms with E-state index in [-0.39, 0.29) is 18.2 Å². The molecule has 1 rings (SSSR count). The van der Waals surface area contributed by atoms with Crippen LogP contribution in [-0.2, 0) is 14.6 Å². The van der Waals surface area contributed by atoms with Gasteiger partial charge < -0.3 is 10.1 Å². The van der Waals surface area contributed by atoms with E-state index in [1.54, 1.807) is 43.3 Å². The number of hydrogen-bond donors (Lipinski definition) is 1. The minimum absolute atomic E-state index is 0.0376. The van der Waals surface area contributed by atoms with E-state index in [4.69, 9.17) is 4.74 Å². The van der Waals surface area contributed by atoms with E-state index in [1.807, 2.05) is 0 Å². The van der Waals surface area contributed by atoms with Gasteiger partial charge >= 0.3 is 0 Å². The normalized spacial score (nSPS) is 11.4. The first kappa shape index (κ1) is 16.5. The Balaban J connectivity index is 2.46. The first-order chi connectivity index (χ1) is 9.30. The molecule has 0 radical (unpaired) electrons. The highest BCUT2D eigenvalue weighted by Crippen LogP contribution is 2.16. The second kappa shape index (κ2) is 7.25. The summed E-state index contributed by atoms with van der Waals surface area (Å²) in [6.45, 7) is 0.455. The van der Waals surface area contributed by atoms with E-state index in [9.17, 15) is 13.2 Å². The molecule has 0 unspecified atom stereocenters. The molecule has 1 aromatic carbocycles. The highest BCUT2D eigenvalue weighted by atomic mass is 32.2. The number of methoxy groups -OCH3 is 1. The second-order valence-electron chi connectivity index (χ2n) is 4.65. The van der Waals surface area contributed by atoms with Crippen LogP contribution >= 0.6 is 0 Å². The minimum Gasteiger partial charge on any atom is -0.497 e. The van der Waals surface area contributed by atoms with Crippen molar-refractivity contribution in [3.05, 3.63) is 24.3 Å². The quantitative estimate of drug-likeness (QED) is 0.798. The number of benzene rings is 1. The van der Waals surface area contributed by atoms with E-state index in [2.05, 4.69) is 5.32 Å². The van der Waals surface area contributed by atoms with E-state index < -0.39 is 9.84 Å². The molecule has 0 aliphatic carbocycles.